The maximum atomic E-state index is 13.7. The number of carbonyl (C=O) groups excluding carboxylic acids is 2. The van der Waals surface area contributed by atoms with E-state index < -0.39 is 11.7 Å². The largest absolute Gasteiger partial charge is 0.515 e. The molecule has 0 unspecified atom stereocenters. The summed E-state index contributed by atoms with van der Waals surface area (Å²) in [4.78, 5) is 25.8. The van der Waals surface area contributed by atoms with Gasteiger partial charge in [-0.15, -0.1) is 0 Å². The first-order chi connectivity index (χ1) is 13.8. The molecule has 0 aromatic heterocycles. The number of ketones is 1. The minimum atomic E-state index is -0.802. The Balaban J connectivity index is 2.06. The van der Waals surface area contributed by atoms with Crippen LogP contribution in [0.15, 0.2) is 18.0 Å². The maximum absolute atomic E-state index is 13.7. The Morgan fingerprint density at radius 3 is 2.55 bits per heavy atom. The number of nitrogens with one attached hydrogen (secondary N) is 1. The molecule has 1 aliphatic heterocycles. The topological polar surface area (TPSA) is 73.9 Å². The Morgan fingerprint density at radius 2 is 1.97 bits per heavy atom. The number of rotatable bonds is 5. The van der Waals surface area contributed by atoms with Crippen LogP contribution in [0.5, 0.6) is 0 Å². The summed E-state index contributed by atoms with van der Waals surface area (Å²) in [5.74, 6) is 0.202. The van der Waals surface area contributed by atoms with Crippen molar-refractivity contribution in [2.24, 2.45) is 0 Å². The molecule has 1 saturated carbocycles. The Bertz CT molecular complexity index is 840. The number of hydrogen-bond donors (Lipinski definition) is 1. The smallest absolute Gasteiger partial charge is 0.434 e. The van der Waals surface area contributed by atoms with Crippen LogP contribution in [0.4, 0.5) is 4.79 Å². The van der Waals surface area contributed by atoms with E-state index in [2.05, 4.69) is 40.9 Å². The predicted molar refractivity (Wildman–Crippen MR) is 118 cm³/mol. The van der Waals surface area contributed by atoms with Crippen molar-refractivity contribution in [1.82, 2.24) is 5.32 Å². The third-order valence-corrected chi connectivity index (χ3v) is 6.44. The molecule has 29 heavy (non-hydrogen) atoms. The zero-order valence-corrected chi connectivity index (χ0v) is 19.6. The van der Waals surface area contributed by atoms with E-state index in [4.69, 9.17) is 14.2 Å². The van der Waals surface area contributed by atoms with Crippen LogP contribution >= 0.6 is 22.6 Å². The van der Waals surface area contributed by atoms with Gasteiger partial charge >= 0.3 is 6.16 Å². The van der Waals surface area contributed by atoms with E-state index in [1.165, 1.54) is 0 Å². The first kappa shape index (κ1) is 22.1. The molecule has 0 atom stereocenters. The summed E-state index contributed by atoms with van der Waals surface area (Å²) in [6.07, 6.45) is 2.95. The van der Waals surface area contributed by atoms with Crippen LogP contribution in [-0.4, -0.2) is 37.3 Å². The molecule has 0 saturated heterocycles. The highest BCUT2D eigenvalue weighted by molar-refractivity contribution is 14.1. The highest BCUT2D eigenvalue weighted by atomic mass is 127. The zero-order chi connectivity index (χ0) is 21.2. The van der Waals surface area contributed by atoms with Crippen LogP contribution in [0.2, 0.25) is 0 Å². The fourth-order valence-corrected chi connectivity index (χ4v) is 5.18. The molecule has 0 bridgehead atoms. The third kappa shape index (κ3) is 4.30. The summed E-state index contributed by atoms with van der Waals surface area (Å²) < 4.78 is 17.1. The van der Waals surface area contributed by atoms with Crippen molar-refractivity contribution in [3.8, 4) is 0 Å². The Morgan fingerprint density at radius 1 is 1.28 bits per heavy atom. The number of Topliss-reactive ketones (excluding diaryl/α,β-unsaturated/α-hetero) is 1. The molecule has 0 radical (unpaired) electrons. The average molecular weight is 513 g/mol. The van der Waals surface area contributed by atoms with Crippen LogP contribution in [0, 0.1) is 10.5 Å². The van der Waals surface area contributed by atoms with Gasteiger partial charge in [0.1, 0.15) is 5.54 Å². The second-order valence-electron chi connectivity index (χ2n) is 7.57. The summed E-state index contributed by atoms with van der Waals surface area (Å²) in [7, 11) is 1.70. The molecule has 0 amide bonds. The number of methoxy groups -OCH3 is 1. The Labute approximate surface area is 185 Å². The van der Waals surface area contributed by atoms with Gasteiger partial charge in [0.05, 0.1) is 18.3 Å². The highest BCUT2D eigenvalue weighted by Gasteiger charge is 2.51. The minimum Gasteiger partial charge on any atom is -0.434 e. The molecule has 1 fully saturated rings. The van der Waals surface area contributed by atoms with Gasteiger partial charge in [-0.3, -0.25) is 4.79 Å². The van der Waals surface area contributed by atoms with Gasteiger partial charge in [0.2, 0.25) is 5.88 Å². The van der Waals surface area contributed by atoms with Crippen LogP contribution in [0.1, 0.15) is 56.2 Å². The number of benzene rings is 1. The monoisotopic (exact) mass is 513 g/mol. The predicted octanol–water partition coefficient (Wildman–Crippen LogP) is 4.50. The fraction of sp³-hybridized carbons (Fsp3) is 0.545. The number of carbonyl (C=O) groups is 2. The van der Waals surface area contributed by atoms with Gasteiger partial charge in [-0.2, -0.15) is 0 Å². The van der Waals surface area contributed by atoms with Crippen molar-refractivity contribution in [3.05, 3.63) is 38.3 Å². The summed E-state index contributed by atoms with van der Waals surface area (Å²) in [5.41, 5.74) is 2.61. The van der Waals surface area contributed by atoms with Crippen molar-refractivity contribution in [1.29, 1.82) is 0 Å². The van der Waals surface area contributed by atoms with E-state index in [1.54, 1.807) is 14.0 Å². The van der Waals surface area contributed by atoms with Gasteiger partial charge in [0, 0.05) is 10.7 Å². The Hall–Kier alpha value is -1.61. The van der Waals surface area contributed by atoms with Crippen LogP contribution in [-0.2, 0) is 25.4 Å². The molecule has 2 aliphatic rings. The van der Waals surface area contributed by atoms with Gasteiger partial charge in [0.15, 0.2) is 5.78 Å². The summed E-state index contributed by atoms with van der Waals surface area (Å²) in [6, 6.07) is 4.13. The lowest BCUT2D eigenvalue weighted by Gasteiger charge is -2.36. The van der Waals surface area contributed by atoms with Crippen molar-refractivity contribution >= 4 is 40.1 Å². The van der Waals surface area contributed by atoms with Gasteiger partial charge in [-0.05, 0) is 97.4 Å². The van der Waals surface area contributed by atoms with Crippen molar-refractivity contribution < 1.29 is 23.8 Å². The lowest BCUT2D eigenvalue weighted by molar-refractivity contribution is -0.120. The molecule has 1 aromatic carbocycles. The molecule has 1 N–H and O–H groups in total. The highest BCUT2D eigenvalue weighted by Crippen LogP contribution is 2.43. The molecule has 1 spiro atoms. The number of ether oxygens (including phenoxy) is 3. The standard InChI is InChI=1S/C22H28INO5/c1-5-14-12-15(23)11-13(3)17(14)18-19(25)22(9-7-16(27-4)8-10-22)24-20(18)29-21(26)28-6-2/h11-12,16,24H,5-10H2,1-4H3. The number of aryl methyl sites for hydroxylation is 2. The van der Waals surface area contributed by atoms with Gasteiger partial charge in [-0.1, -0.05) is 6.92 Å². The van der Waals surface area contributed by atoms with Gasteiger partial charge in [-0.25, -0.2) is 4.79 Å². The number of hydrogen-bond acceptors (Lipinski definition) is 6. The maximum Gasteiger partial charge on any atom is 0.515 e. The van der Waals surface area contributed by atoms with E-state index in [0.717, 1.165) is 39.5 Å². The molecule has 1 aliphatic carbocycles. The molecule has 6 nitrogen and oxygen atoms in total. The van der Waals surface area contributed by atoms with Crippen molar-refractivity contribution in [2.45, 2.75) is 64.5 Å². The molecule has 158 valence electrons. The fourth-order valence-electron chi connectivity index (χ4n) is 4.33. The quantitative estimate of drug-likeness (QED) is 0.462. The van der Waals surface area contributed by atoms with Crippen LogP contribution in [0.25, 0.3) is 5.57 Å². The van der Waals surface area contributed by atoms with Gasteiger partial charge in [0.25, 0.3) is 0 Å². The van der Waals surface area contributed by atoms with E-state index in [1.807, 2.05) is 13.0 Å². The Kier molecular flexibility index (Phi) is 6.88. The third-order valence-electron chi connectivity index (χ3n) is 5.82. The molecule has 1 aromatic rings. The molecule has 3 rings (SSSR count). The molecule has 1 heterocycles. The summed E-state index contributed by atoms with van der Waals surface area (Å²) in [5, 5.41) is 3.28. The zero-order valence-electron chi connectivity index (χ0n) is 17.4. The molecular weight excluding hydrogens is 485 g/mol. The van der Waals surface area contributed by atoms with Gasteiger partial charge < -0.3 is 19.5 Å². The second kappa shape index (κ2) is 9.04. The van der Waals surface area contributed by atoms with E-state index in [0.29, 0.717) is 18.4 Å². The van der Waals surface area contributed by atoms with Crippen molar-refractivity contribution in [2.75, 3.05) is 13.7 Å². The van der Waals surface area contributed by atoms with E-state index >= 15 is 0 Å². The van der Waals surface area contributed by atoms with Crippen LogP contribution in [0.3, 0.4) is 0 Å². The van der Waals surface area contributed by atoms with E-state index in [9.17, 15) is 9.59 Å². The average Bonchev–Trinajstić information content (AvgIpc) is 2.93. The first-order valence-electron chi connectivity index (χ1n) is 10.1. The summed E-state index contributed by atoms with van der Waals surface area (Å²) in [6.45, 7) is 5.98. The summed E-state index contributed by atoms with van der Waals surface area (Å²) >= 11 is 2.28. The second-order valence-corrected chi connectivity index (χ2v) is 8.82. The lowest BCUT2D eigenvalue weighted by Crippen LogP contribution is -2.50. The number of halogens is 1. The SMILES string of the molecule is CCOC(=O)OC1=C(c2c(C)cc(I)cc2CC)C(=O)C2(CCC(OC)CC2)N1. The first-order valence-corrected chi connectivity index (χ1v) is 11.2. The van der Waals surface area contributed by atoms with E-state index in [-0.39, 0.29) is 24.4 Å². The molecule has 7 heteroatoms. The molecular formula is C22H28INO5. The van der Waals surface area contributed by atoms with Crippen molar-refractivity contribution in [3.63, 3.8) is 0 Å². The minimum absolute atomic E-state index is 0.00893. The van der Waals surface area contributed by atoms with Crippen LogP contribution < -0.4 is 5.32 Å². The normalized spacial score (nSPS) is 24.0. The lowest BCUT2D eigenvalue weighted by atomic mass is 9.76.